The molecule has 0 radical (unpaired) electrons. The molecule has 0 aliphatic rings. The molecule has 1 amide bonds. The molecule has 2 aromatic heterocycles. The van der Waals surface area contributed by atoms with E-state index in [2.05, 4.69) is 27.9 Å². The second kappa shape index (κ2) is 5.89. The van der Waals surface area contributed by atoms with Crippen LogP contribution in [0.5, 0.6) is 0 Å². The first kappa shape index (κ1) is 13.6. The summed E-state index contributed by atoms with van der Waals surface area (Å²) in [6.07, 6.45) is 1.68. The Morgan fingerprint density at radius 3 is 2.95 bits per heavy atom. The molecular formula is C15H18N2OS. The van der Waals surface area contributed by atoms with Crippen molar-refractivity contribution < 1.29 is 4.79 Å². The van der Waals surface area contributed by atoms with Gasteiger partial charge in [0.1, 0.15) is 0 Å². The van der Waals surface area contributed by atoms with Crippen LogP contribution in [0.1, 0.15) is 26.6 Å². The lowest BCUT2D eigenvalue weighted by Crippen LogP contribution is -2.23. The first-order valence-corrected chi connectivity index (χ1v) is 7.09. The van der Waals surface area contributed by atoms with E-state index in [4.69, 9.17) is 0 Å². The van der Waals surface area contributed by atoms with Gasteiger partial charge in [0.05, 0.1) is 12.1 Å². The van der Waals surface area contributed by atoms with Crippen LogP contribution in [0.4, 0.5) is 0 Å². The van der Waals surface area contributed by atoms with Gasteiger partial charge in [-0.15, -0.1) is 17.9 Å². The molecule has 0 fully saturated rings. The van der Waals surface area contributed by atoms with Gasteiger partial charge in [0, 0.05) is 22.8 Å². The fraction of sp³-hybridized carbons (Fsp3) is 0.267. The number of carbonyl (C=O) groups is 1. The van der Waals surface area contributed by atoms with E-state index < -0.39 is 0 Å². The Bertz CT molecular complexity index is 582. The third-order valence-corrected chi connectivity index (χ3v) is 3.98. The molecule has 1 N–H and O–H groups in total. The quantitative estimate of drug-likeness (QED) is 0.835. The number of carbonyl (C=O) groups excluding carboxylic acids is 1. The molecule has 4 heteroatoms. The molecule has 0 aliphatic carbocycles. The summed E-state index contributed by atoms with van der Waals surface area (Å²) in [5.74, 6) is -0.0366. The molecule has 3 nitrogen and oxygen atoms in total. The Kier molecular flexibility index (Phi) is 4.22. The lowest BCUT2D eigenvalue weighted by molar-refractivity contribution is 0.0957. The minimum atomic E-state index is -0.0366. The second-order valence-electron chi connectivity index (χ2n) is 4.45. The largest absolute Gasteiger partial charge is 0.349 e. The molecular weight excluding hydrogens is 256 g/mol. The molecule has 100 valence electrons. The highest BCUT2D eigenvalue weighted by molar-refractivity contribution is 7.09. The lowest BCUT2D eigenvalue weighted by atomic mass is 10.2. The Morgan fingerprint density at radius 2 is 2.32 bits per heavy atom. The Balaban J connectivity index is 2.24. The van der Waals surface area contributed by atoms with Crippen LogP contribution in [0, 0.1) is 13.8 Å². The van der Waals surface area contributed by atoms with E-state index >= 15 is 0 Å². The standard InChI is InChI=1S/C15H18N2OS/c1-4-7-16-15(18)14-9-11(2)17(12(14)3)10-13-6-5-8-19-13/h4-6,8-9H,1,7,10H2,2-3H3,(H,16,18). The molecule has 0 unspecified atom stereocenters. The summed E-state index contributed by atoms with van der Waals surface area (Å²) in [6, 6.07) is 6.11. The minimum absolute atomic E-state index is 0.0366. The van der Waals surface area contributed by atoms with Crippen LogP contribution in [0.25, 0.3) is 0 Å². The van der Waals surface area contributed by atoms with Crippen LogP contribution >= 0.6 is 11.3 Å². The monoisotopic (exact) mass is 274 g/mol. The van der Waals surface area contributed by atoms with Gasteiger partial charge in [0.2, 0.25) is 0 Å². The Hall–Kier alpha value is -1.81. The van der Waals surface area contributed by atoms with E-state index in [1.165, 1.54) is 4.88 Å². The van der Waals surface area contributed by atoms with Crippen molar-refractivity contribution in [3.63, 3.8) is 0 Å². The van der Waals surface area contributed by atoms with Gasteiger partial charge in [-0.05, 0) is 31.4 Å². The van der Waals surface area contributed by atoms with Crippen molar-refractivity contribution in [3.8, 4) is 0 Å². The summed E-state index contributed by atoms with van der Waals surface area (Å²) in [7, 11) is 0. The number of nitrogens with one attached hydrogen (secondary N) is 1. The van der Waals surface area contributed by atoms with Gasteiger partial charge in [-0.25, -0.2) is 0 Å². The molecule has 2 rings (SSSR count). The van der Waals surface area contributed by atoms with Crippen molar-refractivity contribution in [2.24, 2.45) is 0 Å². The first-order valence-electron chi connectivity index (χ1n) is 6.21. The van der Waals surface area contributed by atoms with Crippen molar-refractivity contribution in [1.82, 2.24) is 9.88 Å². The number of aryl methyl sites for hydroxylation is 1. The fourth-order valence-corrected chi connectivity index (χ4v) is 2.79. The van der Waals surface area contributed by atoms with Crippen molar-refractivity contribution in [2.45, 2.75) is 20.4 Å². The van der Waals surface area contributed by atoms with Crippen LogP contribution in [0.2, 0.25) is 0 Å². The maximum Gasteiger partial charge on any atom is 0.253 e. The minimum Gasteiger partial charge on any atom is -0.349 e. The van der Waals surface area contributed by atoms with Gasteiger partial charge in [0.15, 0.2) is 0 Å². The number of aromatic nitrogens is 1. The number of hydrogen-bond donors (Lipinski definition) is 1. The number of rotatable bonds is 5. The van der Waals surface area contributed by atoms with E-state index in [1.807, 2.05) is 26.0 Å². The molecule has 0 spiro atoms. The van der Waals surface area contributed by atoms with Crippen LogP contribution in [0.15, 0.2) is 36.2 Å². The summed E-state index contributed by atoms with van der Waals surface area (Å²) in [5, 5.41) is 4.89. The van der Waals surface area contributed by atoms with Crippen LogP contribution in [0.3, 0.4) is 0 Å². The fourth-order valence-electron chi connectivity index (χ4n) is 2.09. The van der Waals surface area contributed by atoms with Gasteiger partial charge >= 0.3 is 0 Å². The zero-order chi connectivity index (χ0) is 13.8. The zero-order valence-corrected chi connectivity index (χ0v) is 12.1. The molecule has 0 saturated heterocycles. The number of nitrogens with zero attached hydrogens (tertiary/aromatic N) is 1. The average Bonchev–Trinajstić information content (AvgIpc) is 2.99. The normalized spacial score (nSPS) is 10.4. The zero-order valence-electron chi connectivity index (χ0n) is 11.3. The van der Waals surface area contributed by atoms with Crippen LogP contribution in [-0.2, 0) is 6.54 Å². The molecule has 2 heterocycles. The Morgan fingerprint density at radius 1 is 1.53 bits per heavy atom. The average molecular weight is 274 g/mol. The molecule has 0 aliphatic heterocycles. The lowest BCUT2D eigenvalue weighted by Gasteiger charge is -2.08. The summed E-state index contributed by atoms with van der Waals surface area (Å²) in [4.78, 5) is 13.3. The van der Waals surface area contributed by atoms with Gasteiger partial charge in [-0.1, -0.05) is 12.1 Å². The summed E-state index contributed by atoms with van der Waals surface area (Å²) < 4.78 is 2.18. The molecule has 0 bridgehead atoms. The van der Waals surface area contributed by atoms with E-state index in [0.717, 1.165) is 23.5 Å². The maximum atomic E-state index is 12.0. The summed E-state index contributed by atoms with van der Waals surface area (Å²) in [6.45, 7) is 8.94. The van der Waals surface area contributed by atoms with Gasteiger partial charge in [-0.3, -0.25) is 4.79 Å². The number of hydrogen-bond acceptors (Lipinski definition) is 2. The van der Waals surface area contributed by atoms with Crippen LogP contribution < -0.4 is 5.32 Å². The molecule has 0 atom stereocenters. The predicted octanol–water partition coefficient (Wildman–Crippen LogP) is 3.13. The van der Waals surface area contributed by atoms with E-state index in [-0.39, 0.29) is 5.91 Å². The van der Waals surface area contributed by atoms with E-state index in [0.29, 0.717) is 6.54 Å². The van der Waals surface area contributed by atoms with E-state index in [1.54, 1.807) is 17.4 Å². The number of amides is 1. The molecule has 0 aromatic carbocycles. The molecule has 2 aromatic rings. The van der Waals surface area contributed by atoms with Gasteiger partial charge in [0.25, 0.3) is 5.91 Å². The summed E-state index contributed by atoms with van der Waals surface area (Å²) >= 11 is 1.73. The maximum absolute atomic E-state index is 12.0. The smallest absolute Gasteiger partial charge is 0.253 e. The number of thiophene rings is 1. The SMILES string of the molecule is C=CCNC(=O)c1cc(C)n(Cc2cccs2)c1C. The van der Waals surface area contributed by atoms with Crippen molar-refractivity contribution in [2.75, 3.05) is 6.54 Å². The summed E-state index contributed by atoms with van der Waals surface area (Å²) in [5.41, 5.74) is 2.86. The van der Waals surface area contributed by atoms with Crippen molar-refractivity contribution in [1.29, 1.82) is 0 Å². The van der Waals surface area contributed by atoms with Gasteiger partial charge in [-0.2, -0.15) is 0 Å². The highest BCUT2D eigenvalue weighted by Gasteiger charge is 2.15. The van der Waals surface area contributed by atoms with Crippen molar-refractivity contribution >= 4 is 17.2 Å². The van der Waals surface area contributed by atoms with Gasteiger partial charge < -0.3 is 9.88 Å². The molecule has 19 heavy (non-hydrogen) atoms. The topological polar surface area (TPSA) is 34.0 Å². The Labute approximate surface area is 117 Å². The van der Waals surface area contributed by atoms with Crippen molar-refractivity contribution in [3.05, 3.63) is 58.1 Å². The highest BCUT2D eigenvalue weighted by atomic mass is 32.1. The molecule has 0 saturated carbocycles. The first-order chi connectivity index (χ1) is 9.13. The second-order valence-corrected chi connectivity index (χ2v) is 5.48. The third kappa shape index (κ3) is 2.96. The van der Waals surface area contributed by atoms with Crippen LogP contribution in [-0.4, -0.2) is 17.0 Å². The highest BCUT2D eigenvalue weighted by Crippen LogP contribution is 2.19. The predicted molar refractivity (Wildman–Crippen MR) is 79.9 cm³/mol. The van der Waals surface area contributed by atoms with E-state index in [9.17, 15) is 4.79 Å². The third-order valence-electron chi connectivity index (χ3n) is 3.12.